The van der Waals surface area contributed by atoms with E-state index < -0.39 is 0 Å². The molecule has 2 aromatic carbocycles. The van der Waals surface area contributed by atoms with E-state index in [1.54, 1.807) is 0 Å². The van der Waals surface area contributed by atoms with Crippen molar-refractivity contribution in [3.63, 3.8) is 0 Å². The van der Waals surface area contributed by atoms with Gasteiger partial charge in [-0.25, -0.2) is 0 Å². The summed E-state index contributed by atoms with van der Waals surface area (Å²) in [5.41, 5.74) is 2.99. The van der Waals surface area contributed by atoms with Crippen molar-refractivity contribution in [3.05, 3.63) is 80.0 Å². The Morgan fingerprint density at radius 2 is 1.00 bits per heavy atom. The molecule has 0 fully saturated rings. The predicted octanol–water partition coefficient (Wildman–Crippen LogP) is 3.27. The third kappa shape index (κ3) is 5.60. The van der Waals surface area contributed by atoms with E-state index in [1.165, 1.54) is 20.1 Å². The van der Waals surface area contributed by atoms with Crippen LogP contribution in [0.3, 0.4) is 0 Å². The van der Waals surface area contributed by atoms with Crippen molar-refractivity contribution < 1.29 is 0 Å². The molecule has 2 rings (SSSR count). The first kappa shape index (κ1) is 14.2. The molecule has 18 heavy (non-hydrogen) atoms. The summed E-state index contributed by atoms with van der Waals surface area (Å²) in [6.07, 6.45) is 0. The molecule has 92 valence electrons. The van der Waals surface area contributed by atoms with Crippen LogP contribution in [-0.4, -0.2) is 41.8 Å². The molecule has 0 radical (unpaired) electrons. The Bertz CT molecular complexity index is 417. The van der Waals surface area contributed by atoms with Crippen molar-refractivity contribution in [2.45, 2.75) is 8.94 Å². The van der Waals surface area contributed by atoms with Gasteiger partial charge in [0, 0.05) is 0 Å². The van der Waals surface area contributed by atoms with Gasteiger partial charge in [-0.1, -0.05) is 0 Å². The summed E-state index contributed by atoms with van der Waals surface area (Å²) in [5.74, 6) is 0. The van der Waals surface area contributed by atoms with Crippen LogP contribution >= 0.6 is 0 Å². The van der Waals surface area contributed by atoms with E-state index >= 15 is 0 Å². The van der Waals surface area contributed by atoms with Gasteiger partial charge in [-0.05, 0) is 0 Å². The molecule has 0 amide bonds. The Kier molecular flexibility index (Phi) is 6.92. The Balaban J connectivity index is 1.64. The van der Waals surface area contributed by atoms with Crippen LogP contribution in [0.25, 0.3) is 0 Å². The monoisotopic (exact) mass is 468 g/mol. The molecule has 0 nitrogen and oxygen atoms in total. The van der Waals surface area contributed by atoms with Gasteiger partial charge in [-0.3, -0.25) is 0 Å². The van der Waals surface area contributed by atoms with Crippen LogP contribution in [0.4, 0.5) is 0 Å². The standard InChI is InChI=1S/C16H16Te2/c1-3-7-15(8-4-1)13-17-11-12-18-14-16-9-5-2-6-10-16/h1-12H,13-14H2/b12-11+. The zero-order chi connectivity index (χ0) is 12.5. The van der Waals surface area contributed by atoms with Crippen molar-refractivity contribution in [1.29, 1.82) is 0 Å². The van der Waals surface area contributed by atoms with Gasteiger partial charge in [0.15, 0.2) is 0 Å². The molecule has 0 atom stereocenters. The van der Waals surface area contributed by atoms with E-state index in [2.05, 4.69) is 68.9 Å². The first-order valence-corrected chi connectivity index (χ1v) is 11.9. The van der Waals surface area contributed by atoms with E-state index in [0.717, 1.165) is 0 Å². The van der Waals surface area contributed by atoms with E-state index in [9.17, 15) is 0 Å². The summed E-state index contributed by atoms with van der Waals surface area (Å²) in [6.45, 7) is 0. The molecule has 0 saturated carbocycles. The van der Waals surface area contributed by atoms with Crippen molar-refractivity contribution in [2.75, 3.05) is 0 Å². The third-order valence-corrected chi connectivity index (χ3v) is 8.83. The fourth-order valence-corrected chi connectivity index (χ4v) is 7.72. The van der Waals surface area contributed by atoms with Crippen LogP contribution in [0.2, 0.25) is 0 Å². The normalized spacial score (nSPS) is 10.9. The third-order valence-electron chi connectivity index (χ3n) is 2.43. The summed E-state index contributed by atoms with van der Waals surface area (Å²) in [7, 11) is 0. The van der Waals surface area contributed by atoms with Crippen molar-refractivity contribution in [1.82, 2.24) is 0 Å². The molecule has 0 aliphatic rings. The second-order valence-electron chi connectivity index (χ2n) is 3.87. The molecule has 0 bridgehead atoms. The molecular formula is C16H16Te2. The van der Waals surface area contributed by atoms with Crippen LogP contribution < -0.4 is 0 Å². The summed E-state index contributed by atoms with van der Waals surface area (Å²) in [5, 5.41) is 0. The Labute approximate surface area is 130 Å². The zero-order valence-corrected chi connectivity index (χ0v) is 14.8. The molecule has 0 unspecified atom stereocenters. The summed E-state index contributed by atoms with van der Waals surface area (Å²) in [6, 6.07) is 21.7. The van der Waals surface area contributed by atoms with Gasteiger partial charge < -0.3 is 0 Å². The number of rotatable bonds is 6. The maximum atomic E-state index is 2.49. The Morgan fingerprint density at radius 1 is 0.611 bits per heavy atom. The van der Waals surface area contributed by atoms with Crippen LogP contribution in [0.5, 0.6) is 0 Å². The van der Waals surface area contributed by atoms with Gasteiger partial charge in [0.05, 0.1) is 0 Å². The average molecular weight is 464 g/mol. The predicted molar refractivity (Wildman–Crippen MR) is 80.9 cm³/mol. The fourth-order valence-electron chi connectivity index (χ4n) is 1.52. The summed E-state index contributed by atoms with van der Waals surface area (Å²) in [4.78, 5) is 0. The van der Waals surface area contributed by atoms with Crippen molar-refractivity contribution in [2.24, 2.45) is 0 Å². The topological polar surface area (TPSA) is 0 Å². The first-order valence-electron chi connectivity index (χ1n) is 5.91. The quantitative estimate of drug-likeness (QED) is 0.577. The minimum absolute atomic E-state index is 0.0420. The van der Waals surface area contributed by atoms with Gasteiger partial charge in [-0.2, -0.15) is 0 Å². The van der Waals surface area contributed by atoms with Crippen molar-refractivity contribution in [3.8, 4) is 0 Å². The molecule has 0 aliphatic carbocycles. The molecule has 2 aromatic rings. The number of hydrogen-bond acceptors (Lipinski definition) is 0. The van der Waals surface area contributed by atoms with Gasteiger partial charge in [0.25, 0.3) is 0 Å². The minimum atomic E-state index is 0.0420. The Morgan fingerprint density at radius 3 is 1.39 bits per heavy atom. The molecule has 0 aromatic heterocycles. The fraction of sp³-hybridized carbons (Fsp3) is 0.125. The van der Waals surface area contributed by atoms with Crippen molar-refractivity contribution >= 4 is 41.8 Å². The molecule has 2 heteroatoms. The van der Waals surface area contributed by atoms with Crippen LogP contribution in [0.15, 0.2) is 68.9 Å². The average Bonchev–Trinajstić information content (AvgIpc) is 2.45. The van der Waals surface area contributed by atoms with Crippen LogP contribution in [0, 0.1) is 0 Å². The molecule has 0 aliphatic heterocycles. The molecule has 0 N–H and O–H groups in total. The van der Waals surface area contributed by atoms with Gasteiger partial charge in [-0.15, -0.1) is 0 Å². The first-order chi connectivity index (χ1) is 8.95. The second-order valence-corrected chi connectivity index (χ2v) is 8.97. The van der Waals surface area contributed by atoms with Gasteiger partial charge in [0.2, 0.25) is 0 Å². The summed E-state index contributed by atoms with van der Waals surface area (Å²) >= 11 is 0.0839. The van der Waals surface area contributed by atoms with E-state index in [-0.39, 0.29) is 41.8 Å². The van der Waals surface area contributed by atoms with E-state index in [4.69, 9.17) is 0 Å². The second kappa shape index (κ2) is 8.79. The number of hydrogen-bond donors (Lipinski definition) is 0. The molecule has 0 heterocycles. The Hall–Kier alpha value is -0.241. The van der Waals surface area contributed by atoms with Crippen LogP contribution in [0.1, 0.15) is 11.1 Å². The van der Waals surface area contributed by atoms with Gasteiger partial charge in [0.1, 0.15) is 0 Å². The molecule has 0 spiro atoms. The number of benzene rings is 2. The van der Waals surface area contributed by atoms with E-state index in [1.807, 2.05) is 0 Å². The van der Waals surface area contributed by atoms with E-state index in [0.29, 0.717) is 0 Å². The molecular weight excluding hydrogens is 447 g/mol. The maximum absolute atomic E-state index is 2.49. The van der Waals surface area contributed by atoms with Gasteiger partial charge >= 0.3 is 131 Å². The van der Waals surface area contributed by atoms with Crippen LogP contribution in [-0.2, 0) is 8.94 Å². The SMILES string of the molecule is C(=C\[Te]Cc1ccccc1)/[Te]Cc1ccccc1. The zero-order valence-electron chi connectivity index (χ0n) is 10.2. The summed E-state index contributed by atoms with van der Waals surface area (Å²) < 4.78 is 7.56. The molecule has 0 saturated heterocycles.